The second-order valence-electron chi connectivity index (χ2n) is 5.23. The molecule has 0 aliphatic carbocycles. The maximum Gasteiger partial charge on any atom is 0.0935 e. The van der Waals surface area contributed by atoms with E-state index in [0.29, 0.717) is 0 Å². The molecule has 0 aromatic carbocycles. The number of hydrogen-bond donors (Lipinski definition) is 1. The van der Waals surface area contributed by atoms with Gasteiger partial charge in [0.2, 0.25) is 0 Å². The molecule has 1 fully saturated rings. The highest BCUT2D eigenvalue weighted by Crippen LogP contribution is 2.26. The van der Waals surface area contributed by atoms with Gasteiger partial charge in [0.15, 0.2) is 0 Å². The zero-order valence-electron chi connectivity index (χ0n) is 10.7. The number of rotatable bonds is 4. The van der Waals surface area contributed by atoms with Gasteiger partial charge in [-0.2, -0.15) is 0 Å². The lowest BCUT2D eigenvalue weighted by atomic mass is 9.89. The molecule has 0 spiro atoms. The van der Waals surface area contributed by atoms with Gasteiger partial charge in [-0.15, -0.1) is 0 Å². The van der Waals surface area contributed by atoms with Crippen LogP contribution in [0.15, 0.2) is 23.0 Å². The first-order chi connectivity index (χ1) is 8.22. The number of aliphatic hydroxyl groups is 1. The monoisotopic (exact) mass is 237 g/mol. The van der Waals surface area contributed by atoms with Crippen molar-refractivity contribution in [1.29, 1.82) is 0 Å². The Bertz CT molecular complexity index is 323. The second kappa shape index (κ2) is 5.69. The highest BCUT2D eigenvalue weighted by molar-refractivity contribution is 5.09. The Labute approximate surface area is 103 Å². The molecule has 96 valence electrons. The Morgan fingerprint density at radius 2 is 2.29 bits per heavy atom. The van der Waals surface area contributed by atoms with Crippen molar-refractivity contribution in [3.63, 3.8) is 0 Å². The number of nitrogens with zero attached hydrogens (tertiary/aromatic N) is 1. The Balaban J connectivity index is 1.92. The number of furan rings is 1. The molecule has 1 aliphatic heterocycles. The highest BCUT2D eigenvalue weighted by atomic mass is 16.3. The van der Waals surface area contributed by atoms with E-state index in [-0.39, 0.29) is 0 Å². The molecule has 1 aromatic rings. The van der Waals surface area contributed by atoms with Gasteiger partial charge < -0.3 is 14.4 Å². The summed E-state index contributed by atoms with van der Waals surface area (Å²) in [6.07, 6.45) is 8.21. The maximum atomic E-state index is 10.6. The molecule has 17 heavy (non-hydrogen) atoms. The Kier molecular flexibility index (Phi) is 4.24. The lowest BCUT2D eigenvalue weighted by molar-refractivity contribution is 0.0256. The summed E-state index contributed by atoms with van der Waals surface area (Å²) >= 11 is 0. The molecule has 0 bridgehead atoms. The van der Waals surface area contributed by atoms with Gasteiger partial charge in [-0.3, -0.25) is 0 Å². The molecule has 2 rings (SSSR count). The third-order valence-electron chi connectivity index (χ3n) is 3.66. The average Bonchev–Trinajstić information content (AvgIpc) is 2.72. The molecule has 1 N–H and O–H groups in total. The fourth-order valence-electron chi connectivity index (χ4n) is 2.72. The van der Waals surface area contributed by atoms with E-state index >= 15 is 0 Å². The molecule has 1 saturated heterocycles. The van der Waals surface area contributed by atoms with Crippen molar-refractivity contribution in [2.24, 2.45) is 0 Å². The van der Waals surface area contributed by atoms with Crippen molar-refractivity contribution in [2.75, 3.05) is 19.6 Å². The van der Waals surface area contributed by atoms with Gasteiger partial charge in [0, 0.05) is 13.0 Å². The van der Waals surface area contributed by atoms with E-state index in [2.05, 4.69) is 11.8 Å². The van der Waals surface area contributed by atoms with Crippen LogP contribution in [0, 0.1) is 0 Å². The van der Waals surface area contributed by atoms with Crippen molar-refractivity contribution < 1.29 is 9.52 Å². The topological polar surface area (TPSA) is 36.6 Å². The summed E-state index contributed by atoms with van der Waals surface area (Å²) in [7, 11) is 0. The minimum Gasteiger partial charge on any atom is -0.472 e. The molecule has 0 radical (unpaired) electrons. The second-order valence-corrected chi connectivity index (χ2v) is 5.23. The highest BCUT2D eigenvalue weighted by Gasteiger charge is 2.30. The molecule has 1 aromatic heterocycles. The quantitative estimate of drug-likeness (QED) is 0.874. The van der Waals surface area contributed by atoms with Crippen LogP contribution in [0.3, 0.4) is 0 Å². The van der Waals surface area contributed by atoms with E-state index in [4.69, 9.17) is 4.42 Å². The minimum absolute atomic E-state index is 0.535. The fraction of sp³-hybridized carbons (Fsp3) is 0.714. The number of likely N-dealkylation sites (tertiary alicyclic amines) is 1. The van der Waals surface area contributed by atoms with Crippen LogP contribution in [0.4, 0.5) is 0 Å². The predicted octanol–water partition coefficient (Wildman–Crippen LogP) is 2.45. The van der Waals surface area contributed by atoms with Gasteiger partial charge in [0.05, 0.1) is 18.1 Å². The fourth-order valence-corrected chi connectivity index (χ4v) is 2.72. The predicted molar refractivity (Wildman–Crippen MR) is 67.9 cm³/mol. The van der Waals surface area contributed by atoms with Crippen LogP contribution in [-0.2, 0) is 6.42 Å². The van der Waals surface area contributed by atoms with E-state index in [1.807, 2.05) is 6.07 Å². The molecule has 2 heterocycles. The lowest BCUT2D eigenvalue weighted by Gasteiger charge is -2.26. The van der Waals surface area contributed by atoms with E-state index in [9.17, 15) is 5.11 Å². The van der Waals surface area contributed by atoms with Gasteiger partial charge >= 0.3 is 0 Å². The van der Waals surface area contributed by atoms with Crippen LogP contribution in [-0.4, -0.2) is 35.2 Å². The van der Waals surface area contributed by atoms with Crippen LogP contribution < -0.4 is 0 Å². The molecule has 0 saturated carbocycles. The Morgan fingerprint density at radius 3 is 3.00 bits per heavy atom. The van der Waals surface area contributed by atoms with Crippen molar-refractivity contribution in [3.8, 4) is 0 Å². The summed E-state index contributed by atoms with van der Waals surface area (Å²) in [5.41, 5.74) is 0.572. The van der Waals surface area contributed by atoms with Gasteiger partial charge in [-0.1, -0.05) is 6.92 Å². The SMILES string of the molecule is CCCN1CCCC(O)(Cc2ccoc2)CC1. The Hall–Kier alpha value is -0.800. The zero-order chi connectivity index (χ0) is 12.1. The molecule has 1 unspecified atom stereocenters. The third-order valence-corrected chi connectivity index (χ3v) is 3.66. The summed E-state index contributed by atoms with van der Waals surface area (Å²) < 4.78 is 5.07. The van der Waals surface area contributed by atoms with Crippen molar-refractivity contribution in [3.05, 3.63) is 24.2 Å². The van der Waals surface area contributed by atoms with E-state index in [1.54, 1.807) is 12.5 Å². The standard InChI is InChI=1S/C14H23NO2/c1-2-7-15-8-3-5-14(16,6-9-15)11-13-4-10-17-12-13/h4,10,12,16H,2-3,5-9,11H2,1H3. The van der Waals surface area contributed by atoms with Crippen LogP contribution in [0.1, 0.15) is 38.2 Å². The summed E-state index contributed by atoms with van der Waals surface area (Å²) in [6.45, 7) is 5.51. The summed E-state index contributed by atoms with van der Waals surface area (Å²) in [6, 6.07) is 1.95. The van der Waals surface area contributed by atoms with Gasteiger partial charge in [0.1, 0.15) is 0 Å². The largest absolute Gasteiger partial charge is 0.472 e. The van der Waals surface area contributed by atoms with Gasteiger partial charge in [0.25, 0.3) is 0 Å². The average molecular weight is 237 g/mol. The minimum atomic E-state index is -0.535. The van der Waals surface area contributed by atoms with E-state index in [0.717, 1.165) is 50.9 Å². The van der Waals surface area contributed by atoms with Crippen LogP contribution >= 0.6 is 0 Å². The first kappa shape index (κ1) is 12.7. The Morgan fingerprint density at radius 1 is 1.41 bits per heavy atom. The molecular formula is C14H23NO2. The maximum absolute atomic E-state index is 10.6. The number of hydrogen-bond acceptors (Lipinski definition) is 3. The molecule has 1 atom stereocenters. The molecule has 1 aliphatic rings. The summed E-state index contributed by atoms with van der Waals surface area (Å²) in [4.78, 5) is 2.47. The first-order valence-corrected chi connectivity index (χ1v) is 6.68. The summed E-state index contributed by atoms with van der Waals surface area (Å²) in [5.74, 6) is 0. The van der Waals surface area contributed by atoms with Crippen molar-refractivity contribution in [1.82, 2.24) is 4.90 Å². The molecule has 3 heteroatoms. The van der Waals surface area contributed by atoms with E-state index < -0.39 is 5.60 Å². The molecular weight excluding hydrogens is 214 g/mol. The zero-order valence-corrected chi connectivity index (χ0v) is 10.7. The summed E-state index contributed by atoms with van der Waals surface area (Å²) in [5, 5.41) is 10.6. The normalized spacial score (nSPS) is 26.9. The van der Waals surface area contributed by atoms with Crippen molar-refractivity contribution >= 4 is 0 Å². The van der Waals surface area contributed by atoms with Gasteiger partial charge in [-0.05, 0) is 50.4 Å². The molecule has 3 nitrogen and oxygen atoms in total. The third kappa shape index (κ3) is 3.58. The van der Waals surface area contributed by atoms with Crippen LogP contribution in [0.5, 0.6) is 0 Å². The lowest BCUT2D eigenvalue weighted by Crippen LogP contribution is -2.33. The smallest absolute Gasteiger partial charge is 0.0935 e. The van der Waals surface area contributed by atoms with Crippen molar-refractivity contribution in [2.45, 2.75) is 44.6 Å². The first-order valence-electron chi connectivity index (χ1n) is 6.68. The van der Waals surface area contributed by atoms with Crippen LogP contribution in [0.25, 0.3) is 0 Å². The molecule has 0 amide bonds. The van der Waals surface area contributed by atoms with Gasteiger partial charge in [-0.25, -0.2) is 0 Å². The van der Waals surface area contributed by atoms with E-state index in [1.165, 1.54) is 6.42 Å². The van der Waals surface area contributed by atoms with Crippen LogP contribution in [0.2, 0.25) is 0 Å².